The largest absolute Gasteiger partial charge is 0.324 e. The van der Waals surface area contributed by atoms with Crippen LogP contribution in [0.3, 0.4) is 0 Å². The Morgan fingerprint density at radius 3 is 3.00 bits per heavy atom. The van der Waals surface area contributed by atoms with Crippen LogP contribution in [0.1, 0.15) is 19.3 Å². The maximum absolute atomic E-state index is 12.1. The van der Waals surface area contributed by atoms with Gasteiger partial charge in [-0.1, -0.05) is 23.7 Å². The third-order valence-electron chi connectivity index (χ3n) is 3.71. The highest BCUT2D eigenvalue weighted by Crippen LogP contribution is 2.20. The molecule has 1 fully saturated rings. The van der Waals surface area contributed by atoms with Crippen LogP contribution in [0.15, 0.2) is 24.3 Å². The van der Waals surface area contributed by atoms with E-state index >= 15 is 0 Å². The normalized spacial score (nSPS) is 19.6. The maximum atomic E-state index is 12.1. The molecule has 1 aliphatic heterocycles. The van der Waals surface area contributed by atoms with Gasteiger partial charge in [-0.3, -0.25) is 9.69 Å². The van der Waals surface area contributed by atoms with Crippen molar-refractivity contribution in [3.05, 3.63) is 29.3 Å². The molecule has 0 bridgehead atoms. The molecule has 0 spiro atoms. The van der Waals surface area contributed by atoms with Crippen molar-refractivity contribution in [2.45, 2.75) is 25.3 Å². The Hall–Kier alpha value is -1.10. The summed E-state index contributed by atoms with van der Waals surface area (Å²) in [5.41, 5.74) is 0.676. The fourth-order valence-corrected chi connectivity index (χ4v) is 2.73. The third-order valence-corrected chi connectivity index (χ3v) is 4.04. The highest BCUT2D eigenvalue weighted by atomic mass is 35.5. The van der Waals surface area contributed by atoms with Crippen LogP contribution in [0.4, 0.5) is 5.69 Å². The molecule has 1 heterocycles. The van der Waals surface area contributed by atoms with Crippen LogP contribution in [0.5, 0.6) is 0 Å². The van der Waals surface area contributed by atoms with Crippen molar-refractivity contribution in [2.24, 2.45) is 0 Å². The van der Waals surface area contributed by atoms with Gasteiger partial charge in [-0.25, -0.2) is 0 Å². The van der Waals surface area contributed by atoms with E-state index in [1.807, 2.05) is 25.2 Å². The molecule has 1 aromatic rings. The van der Waals surface area contributed by atoms with Gasteiger partial charge in [0.25, 0.3) is 0 Å². The van der Waals surface area contributed by atoms with Crippen molar-refractivity contribution in [2.75, 3.05) is 32.0 Å². The van der Waals surface area contributed by atoms with Gasteiger partial charge >= 0.3 is 0 Å². The number of likely N-dealkylation sites (N-methyl/N-ethyl adjacent to an activating group) is 1. The number of nitrogens with zero attached hydrogens (tertiary/aromatic N) is 1. The van der Waals surface area contributed by atoms with Crippen LogP contribution >= 0.6 is 11.6 Å². The van der Waals surface area contributed by atoms with Gasteiger partial charge in [-0.2, -0.15) is 0 Å². The molecule has 2 rings (SSSR count). The second-order valence-corrected chi connectivity index (χ2v) is 5.69. The summed E-state index contributed by atoms with van der Waals surface area (Å²) in [7, 11) is 2.02. The number of halogens is 1. The number of para-hydroxylation sites is 1. The summed E-state index contributed by atoms with van der Waals surface area (Å²) < 4.78 is 0. The fraction of sp³-hybridized carbons (Fsp3) is 0.533. The second-order valence-electron chi connectivity index (χ2n) is 5.28. The monoisotopic (exact) mass is 295 g/mol. The number of amides is 1. The molecular weight excluding hydrogens is 274 g/mol. The van der Waals surface area contributed by atoms with E-state index in [4.69, 9.17) is 11.6 Å². The summed E-state index contributed by atoms with van der Waals surface area (Å²) in [5.74, 6) is -0.0159. The third kappa shape index (κ3) is 4.47. The Labute approximate surface area is 125 Å². The van der Waals surface area contributed by atoms with Crippen LogP contribution in [0, 0.1) is 0 Å². The summed E-state index contributed by atoms with van der Waals surface area (Å²) in [4.78, 5) is 14.2. The molecule has 0 aromatic heterocycles. The minimum Gasteiger partial charge on any atom is -0.324 e. The van der Waals surface area contributed by atoms with E-state index in [0.717, 1.165) is 25.9 Å². The number of carbonyl (C=O) groups excluding carboxylic acids is 1. The molecule has 1 atom stereocenters. The number of carbonyl (C=O) groups is 1. The second kappa shape index (κ2) is 7.62. The van der Waals surface area contributed by atoms with Gasteiger partial charge in [-0.15, -0.1) is 0 Å². The van der Waals surface area contributed by atoms with Gasteiger partial charge in [0.1, 0.15) is 0 Å². The lowest BCUT2D eigenvalue weighted by molar-refractivity contribution is -0.117. The van der Waals surface area contributed by atoms with Crippen molar-refractivity contribution in [1.29, 1.82) is 0 Å². The van der Waals surface area contributed by atoms with Crippen LogP contribution in [-0.2, 0) is 4.79 Å². The van der Waals surface area contributed by atoms with Crippen LogP contribution < -0.4 is 10.6 Å². The molecule has 1 aliphatic rings. The summed E-state index contributed by atoms with van der Waals surface area (Å²) in [6, 6.07) is 7.78. The number of hydrogen-bond acceptors (Lipinski definition) is 3. The number of benzene rings is 1. The van der Waals surface area contributed by atoms with Gasteiger partial charge in [-0.05, 0) is 51.5 Å². The van der Waals surface area contributed by atoms with E-state index in [0.29, 0.717) is 23.3 Å². The first-order valence-electron chi connectivity index (χ1n) is 7.12. The molecule has 1 aromatic carbocycles. The molecule has 2 N–H and O–H groups in total. The van der Waals surface area contributed by atoms with Gasteiger partial charge in [0, 0.05) is 6.04 Å². The van der Waals surface area contributed by atoms with E-state index in [-0.39, 0.29) is 5.91 Å². The average Bonchev–Trinajstić information content (AvgIpc) is 2.70. The summed E-state index contributed by atoms with van der Waals surface area (Å²) in [6.07, 6.45) is 3.40. The highest BCUT2D eigenvalue weighted by Gasteiger charge is 2.19. The number of anilines is 1. The topological polar surface area (TPSA) is 44.4 Å². The van der Waals surface area contributed by atoms with Crippen LogP contribution in [0.2, 0.25) is 5.02 Å². The van der Waals surface area contributed by atoms with Crippen molar-refractivity contribution in [3.63, 3.8) is 0 Å². The molecular formula is C15H22ClN3O. The molecule has 0 aliphatic carbocycles. The Morgan fingerprint density at radius 2 is 2.20 bits per heavy atom. The SMILES string of the molecule is CN(CC(=O)Nc1ccccc1Cl)C1CCCNCC1. The average molecular weight is 296 g/mol. The quantitative estimate of drug-likeness (QED) is 0.896. The van der Waals surface area contributed by atoms with Gasteiger partial charge < -0.3 is 10.6 Å². The molecule has 0 radical (unpaired) electrons. The van der Waals surface area contributed by atoms with E-state index in [2.05, 4.69) is 15.5 Å². The van der Waals surface area contributed by atoms with Crippen molar-refractivity contribution >= 4 is 23.2 Å². The molecule has 4 nitrogen and oxygen atoms in total. The zero-order valence-corrected chi connectivity index (χ0v) is 12.6. The lowest BCUT2D eigenvalue weighted by Crippen LogP contribution is -2.38. The van der Waals surface area contributed by atoms with E-state index in [9.17, 15) is 4.79 Å². The highest BCUT2D eigenvalue weighted by molar-refractivity contribution is 6.33. The summed E-state index contributed by atoms with van der Waals surface area (Å²) in [5, 5.41) is 6.83. The molecule has 1 unspecified atom stereocenters. The molecule has 20 heavy (non-hydrogen) atoms. The summed E-state index contributed by atoms with van der Waals surface area (Å²) in [6.45, 7) is 2.51. The number of nitrogens with one attached hydrogen (secondary N) is 2. The molecule has 0 saturated carbocycles. The zero-order valence-electron chi connectivity index (χ0n) is 11.9. The first-order chi connectivity index (χ1) is 9.66. The van der Waals surface area contributed by atoms with Gasteiger partial charge in [0.2, 0.25) is 5.91 Å². The van der Waals surface area contributed by atoms with Crippen molar-refractivity contribution in [3.8, 4) is 0 Å². The van der Waals surface area contributed by atoms with Crippen LogP contribution in [-0.4, -0.2) is 43.5 Å². The lowest BCUT2D eigenvalue weighted by atomic mass is 10.1. The number of rotatable bonds is 4. The Bertz CT molecular complexity index is 444. The number of hydrogen-bond donors (Lipinski definition) is 2. The zero-order chi connectivity index (χ0) is 14.4. The predicted octanol–water partition coefficient (Wildman–Crippen LogP) is 2.35. The Balaban J connectivity index is 1.85. The van der Waals surface area contributed by atoms with E-state index in [1.54, 1.807) is 6.07 Å². The molecule has 110 valence electrons. The minimum atomic E-state index is -0.0159. The fourth-order valence-electron chi connectivity index (χ4n) is 2.55. The smallest absolute Gasteiger partial charge is 0.238 e. The Kier molecular flexibility index (Phi) is 5.83. The maximum Gasteiger partial charge on any atom is 0.238 e. The van der Waals surface area contributed by atoms with Gasteiger partial charge in [0.05, 0.1) is 17.3 Å². The van der Waals surface area contributed by atoms with Crippen molar-refractivity contribution in [1.82, 2.24) is 10.2 Å². The van der Waals surface area contributed by atoms with Gasteiger partial charge in [0.15, 0.2) is 0 Å². The van der Waals surface area contributed by atoms with E-state index in [1.165, 1.54) is 6.42 Å². The van der Waals surface area contributed by atoms with Crippen molar-refractivity contribution < 1.29 is 4.79 Å². The molecule has 1 amide bonds. The first-order valence-corrected chi connectivity index (χ1v) is 7.50. The van der Waals surface area contributed by atoms with Crippen LogP contribution in [0.25, 0.3) is 0 Å². The molecule has 1 saturated heterocycles. The lowest BCUT2D eigenvalue weighted by Gasteiger charge is -2.26. The molecule has 5 heteroatoms. The summed E-state index contributed by atoms with van der Waals surface area (Å²) >= 11 is 6.04. The first kappa shape index (κ1) is 15.3. The Morgan fingerprint density at radius 1 is 1.40 bits per heavy atom. The standard InChI is InChI=1S/C15H22ClN3O/c1-19(12-5-4-9-17-10-8-12)11-15(20)18-14-7-3-2-6-13(14)16/h2-3,6-7,12,17H,4-5,8-11H2,1H3,(H,18,20). The predicted molar refractivity (Wildman–Crippen MR) is 83.2 cm³/mol. The minimum absolute atomic E-state index is 0.0159. The van der Waals surface area contributed by atoms with E-state index < -0.39 is 0 Å².